The van der Waals surface area contributed by atoms with E-state index in [-0.39, 0.29) is 30.4 Å². The molecule has 2 rings (SSSR count). The molecule has 0 unspecified atom stereocenters. The largest absolute Gasteiger partial charge is 0.489 e. The number of rotatable bonds is 6. The van der Waals surface area contributed by atoms with Crippen LogP contribution in [-0.4, -0.2) is 47.9 Å². The van der Waals surface area contributed by atoms with Gasteiger partial charge < -0.3 is 19.1 Å². The van der Waals surface area contributed by atoms with Gasteiger partial charge in [0.25, 0.3) is 0 Å². The number of esters is 1. The fourth-order valence-electron chi connectivity index (χ4n) is 3.00. The Morgan fingerprint density at radius 1 is 1.22 bits per heavy atom. The Morgan fingerprint density at radius 2 is 1.89 bits per heavy atom. The summed E-state index contributed by atoms with van der Waals surface area (Å²) in [6.45, 7) is 7.85. The van der Waals surface area contributed by atoms with Gasteiger partial charge in [-0.05, 0) is 58.4 Å². The maximum atomic E-state index is 13.1. The van der Waals surface area contributed by atoms with Gasteiger partial charge in [0, 0.05) is 18.9 Å². The maximum Gasteiger partial charge on any atom is 0.410 e. The van der Waals surface area contributed by atoms with Crippen LogP contribution in [0.1, 0.15) is 47.0 Å². The Labute approximate surface area is 159 Å². The average molecular weight is 381 g/mol. The van der Waals surface area contributed by atoms with Gasteiger partial charge in [0.2, 0.25) is 0 Å². The highest BCUT2D eigenvalue weighted by atomic mass is 19.1. The summed E-state index contributed by atoms with van der Waals surface area (Å²) >= 11 is 0. The maximum absolute atomic E-state index is 13.1. The van der Waals surface area contributed by atoms with Crippen LogP contribution in [-0.2, 0) is 14.3 Å². The molecule has 1 saturated heterocycles. The molecule has 0 aromatic heterocycles. The molecule has 0 spiro atoms. The number of carbonyl (C=O) groups is 2. The summed E-state index contributed by atoms with van der Waals surface area (Å²) < 4.78 is 29.4. The smallest absolute Gasteiger partial charge is 0.410 e. The monoisotopic (exact) mass is 381 g/mol. The van der Waals surface area contributed by atoms with Crippen molar-refractivity contribution in [2.75, 3.05) is 13.2 Å². The predicted octanol–water partition coefficient (Wildman–Crippen LogP) is 3.93. The van der Waals surface area contributed by atoms with Crippen molar-refractivity contribution in [1.82, 2.24) is 4.90 Å². The molecule has 0 saturated carbocycles. The fourth-order valence-corrected chi connectivity index (χ4v) is 3.00. The molecular weight excluding hydrogens is 353 g/mol. The number of carbonyl (C=O) groups excluding carboxylic acids is 2. The van der Waals surface area contributed by atoms with E-state index in [1.54, 1.807) is 44.7 Å². The summed E-state index contributed by atoms with van der Waals surface area (Å²) in [6.07, 6.45) is 0.579. The molecule has 27 heavy (non-hydrogen) atoms. The molecular formula is C20H28FNO5. The molecule has 1 fully saturated rings. The second-order valence-corrected chi connectivity index (χ2v) is 7.56. The minimum absolute atomic E-state index is 0.185. The molecule has 1 amide bonds. The van der Waals surface area contributed by atoms with E-state index < -0.39 is 11.7 Å². The molecule has 1 aromatic carbocycles. The van der Waals surface area contributed by atoms with E-state index in [1.165, 1.54) is 12.1 Å². The molecule has 0 aliphatic carbocycles. The van der Waals surface area contributed by atoms with E-state index in [2.05, 4.69) is 0 Å². The quantitative estimate of drug-likeness (QED) is 0.699. The lowest BCUT2D eigenvalue weighted by Gasteiger charge is -2.28. The zero-order valence-electron chi connectivity index (χ0n) is 16.4. The first-order valence-corrected chi connectivity index (χ1v) is 9.25. The Balaban J connectivity index is 2.03. The summed E-state index contributed by atoms with van der Waals surface area (Å²) in [5.74, 6) is -0.0856. The van der Waals surface area contributed by atoms with E-state index in [0.717, 1.165) is 0 Å². The van der Waals surface area contributed by atoms with Crippen LogP contribution < -0.4 is 4.74 Å². The van der Waals surface area contributed by atoms with Crippen LogP contribution in [0, 0.1) is 5.82 Å². The highest BCUT2D eigenvalue weighted by molar-refractivity contribution is 5.71. The Morgan fingerprint density at radius 3 is 2.48 bits per heavy atom. The number of ether oxygens (including phenoxy) is 3. The number of likely N-dealkylation sites (tertiary alicyclic amines) is 1. The zero-order chi connectivity index (χ0) is 20.0. The molecule has 0 bridgehead atoms. The lowest BCUT2D eigenvalue weighted by molar-refractivity contribution is -0.143. The van der Waals surface area contributed by atoms with Crippen molar-refractivity contribution in [1.29, 1.82) is 0 Å². The second kappa shape index (κ2) is 9.06. The standard InChI is InChI=1S/C20H28FNO5/c1-5-25-18(23)11-8-15-12-17(26-16-9-6-14(21)7-10-16)13-22(15)19(24)27-20(2,3)4/h6-7,9-10,15,17H,5,8,11-13H2,1-4H3/t15-,17+/m1/s1. The molecule has 1 aromatic rings. The average Bonchev–Trinajstić information content (AvgIpc) is 2.97. The van der Waals surface area contributed by atoms with Crippen LogP contribution in [0.3, 0.4) is 0 Å². The highest BCUT2D eigenvalue weighted by Crippen LogP contribution is 2.28. The second-order valence-electron chi connectivity index (χ2n) is 7.56. The third-order valence-electron chi connectivity index (χ3n) is 4.11. The number of benzene rings is 1. The number of amides is 1. The van der Waals surface area contributed by atoms with Crippen LogP contribution in [0.2, 0.25) is 0 Å². The van der Waals surface area contributed by atoms with E-state index in [1.807, 2.05) is 0 Å². The SMILES string of the molecule is CCOC(=O)CC[C@@H]1C[C@H](Oc2ccc(F)cc2)CN1C(=O)OC(C)(C)C. The van der Waals surface area contributed by atoms with Crippen molar-refractivity contribution in [2.45, 2.75) is 64.7 Å². The van der Waals surface area contributed by atoms with Crippen LogP contribution in [0.25, 0.3) is 0 Å². The molecule has 2 atom stereocenters. The van der Waals surface area contributed by atoms with E-state index in [9.17, 15) is 14.0 Å². The highest BCUT2D eigenvalue weighted by Gasteiger charge is 2.38. The molecule has 0 radical (unpaired) electrons. The number of nitrogens with zero attached hydrogens (tertiary/aromatic N) is 1. The van der Waals surface area contributed by atoms with Gasteiger partial charge >= 0.3 is 12.1 Å². The number of halogens is 1. The third-order valence-corrected chi connectivity index (χ3v) is 4.11. The van der Waals surface area contributed by atoms with Crippen molar-refractivity contribution in [3.8, 4) is 5.75 Å². The topological polar surface area (TPSA) is 65.1 Å². The Kier molecular flexibility index (Phi) is 7.05. The Bertz CT molecular complexity index is 641. The van der Waals surface area contributed by atoms with Crippen molar-refractivity contribution in [3.63, 3.8) is 0 Å². The third kappa shape index (κ3) is 6.73. The summed E-state index contributed by atoms with van der Waals surface area (Å²) in [7, 11) is 0. The molecule has 7 heteroatoms. The fraction of sp³-hybridized carbons (Fsp3) is 0.600. The first-order valence-electron chi connectivity index (χ1n) is 9.25. The lowest BCUT2D eigenvalue weighted by Crippen LogP contribution is -2.40. The number of hydrogen-bond acceptors (Lipinski definition) is 5. The zero-order valence-corrected chi connectivity index (χ0v) is 16.4. The molecule has 1 aliphatic heterocycles. The van der Waals surface area contributed by atoms with E-state index >= 15 is 0 Å². The van der Waals surface area contributed by atoms with Gasteiger partial charge in [-0.3, -0.25) is 4.79 Å². The molecule has 150 valence electrons. The summed E-state index contributed by atoms with van der Waals surface area (Å²) in [4.78, 5) is 25.9. The predicted molar refractivity (Wildman–Crippen MR) is 98.0 cm³/mol. The van der Waals surface area contributed by atoms with Crippen molar-refractivity contribution < 1.29 is 28.2 Å². The van der Waals surface area contributed by atoms with Gasteiger partial charge in [-0.2, -0.15) is 0 Å². The molecule has 0 N–H and O–H groups in total. The van der Waals surface area contributed by atoms with E-state index in [4.69, 9.17) is 14.2 Å². The normalized spacial score (nSPS) is 19.7. The van der Waals surface area contributed by atoms with Crippen molar-refractivity contribution >= 4 is 12.1 Å². The molecule has 1 heterocycles. The summed E-state index contributed by atoms with van der Waals surface area (Å²) in [5, 5.41) is 0. The minimum Gasteiger partial charge on any atom is -0.489 e. The molecule has 6 nitrogen and oxygen atoms in total. The first-order chi connectivity index (χ1) is 12.7. The van der Waals surface area contributed by atoms with Crippen LogP contribution in [0.15, 0.2) is 24.3 Å². The summed E-state index contributed by atoms with van der Waals surface area (Å²) in [6, 6.07) is 5.58. The Hall–Kier alpha value is -2.31. The number of hydrogen-bond donors (Lipinski definition) is 0. The van der Waals surface area contributed by atoms with Gasteiger partial charge in [0.1, 0.15) is 23.3 Å². The van der Waals surface area contributed by atoms with Gasteiger partial charge in [0.05, 0.1) is 13.2 Å². The van der Waals surface area contributed by atoms with Crippen LogP contribution in [0.4, 0.5) is 9.18 Å². The van der Waals surface area contributed by atoms with Crippen LogP contribution >= 0.6 is 0 Å². The minimum atomic E-state index is -0.612. The molecule has 1 aliphatic rings. The van der Waals surface area contributed by atoms with Gasteiger partial charge in [-0.15, -0.1) is 0 Å². The van der Waals surface area contributed by atoms with Crippen LogP contribution in [0.5, 0.6) is 5.75 Å². The van der Waals surface area contributed by atoms with Crippen molar-refractivity contribution in [3.05, 3.63) is 30.1 Å². The van der Waals surface area contributed by atoms with Gasteiger partial charge in [0.15, 0.2) is 0 Å². The lowest BCUT2D eigenvalue weighted by atomic mass is 10.1. The summed E-state index contributed by atoms with van der Waals surface area (Å²) in [5.41, 5.74) is -0.612. The van der Waals surface area contributed by atoms with Gasteiger partial charge in [-0.25, -0.2) is 9.18 Å². The van der Waals surface area contributed by atoms with Gasteiger partial charge in [-0.1, -0.05) is 0 Å². The first kappa shape index (κ1) is 21.0. The van der Waals surface area contributed by atoms with E-state index in [0.29, 0.717) is 31.7 Å². The van der Waals surface area contributed by atoms with Crippen molar-refractivity contribution in [2.24, 2.45) is 0 Å².